The number of nitrogens with one attached hydrogen (secondary N) is 2. The minimum atomic E-state index is -1.11. The molecule has 1 heterocycles. The zero-order chi connectivity index (χ0) is 25.4. The normalized spacial score (nSPS) is 23.4. The molecule has 0 aliphatic carbocycles. The van der Waals surface area contributed by atoms with E-state index in [9.17, 15) is 19.7 Å². The molecule has 1 amide bonds. The number of hydrogen-bond acceptors (Lipinski definition) is 6. The first-order valence-corrected chi connectivity index (χ1v) is 11.9. The molecule has 3 N–H and O–H groups in total. The predicted molar refractivity (Wildman–Crippen MR) is 130 cm³/mol. The van der Waals surface area contributed by atoms with Crippen LogP contribution in [0.15, 0.2) is 60.7 Å². The van der Waals surface area contributed by atoms with Crippen molar-refractivity contribution < 1.29 is 24.4 Å². The molecular weight excluding hydrogens is 450 g/mol. The van der Waals surface area contributed by atoms with Crippen LogP contribution in [0.1, 0.15) is 43.9 Å². The van der Waals surface area contributed by atoms with Gasteiger partial charge in [-0.2, -0.15) is 0 Å². The van der Waals surface area contributed by atoms with E-state index in [0.29, 0.717) is 12.0 Å². The predicted octanol–water partition coefficient (Wildman–Crippen LogP) is 3.18. The molecule has 0 radical (unpaired) electrons. The summed E-state index contributed by atoms with van der Waals surface area (Å²) in [6, 6.07) is 15.9. The number of rotatable bonds is 12. The van der Waals surface area contributed by atoms with Gasteiger partial charge in [-0.3, -0.25) is 25.0 Å². The average Bonchev–Trinajstić information content (AvgIpc) is 3.26. The summed E-state index contributed by atoms with van der Waals surface area (Å²) < 4.78 is 6.33. The number of amides is 1. The molecule has 0 spiro atoms. The van der Waals surface area contributed by atoms with Gasteiger partial charge in [-0.15, -0.1) is 0 Å². The lowest BCUT2D eigenvalue weighted by Crippen LogP contribution is -2.51. The Kier molecular flexibility index (Phi) is 9.33. The lowest BCUT2D eigenvalue weighted by molar-refractivity contribution is -0.535. The lowest BCUT2D eigenvalue weighted by Gasteiger charge is -2.32. The molecule has 1 aliphatic rings. The molecule has 0 bridgehead atoms. The SMILES string of the molecule is CC[C@H](C)C(OCc1ccccc1)C1C([N+](=O)[O-])[C@H](c2ccccc2)N[C@@H]1C(=O)NCCC(=O)O. The molecule has 0 aromatic heterocycles. The van der Waals surface area contributed by atoms with Crippen LogP contribution in [0.25, 0.3) is 0 Å². The van der Waals surface area contributed by atoms with Gasteiger partial charge in [-0.1, -0.05) is 80.9 Å². The Labute approximate surface area is 205 Å². The first kappa shape index (κ1) is 26.3. The van der Waals surface area contributed by atoms with Crippen molar-refractivity contribution in [3.05, 3.63) is 81.9 Å². The summed E-state index contributed by atoms with van der Waals surface area (Å²) >= 11 is 0. The van der Waals surface area contributed by atoms with Crippen molar-refractivity contribution in [3.63, 3.8) is 0 Å². The summed E-state index contributed by atoms with van der Waals surface area (Å²) in [5.41, 5.74) is 1.65. The van der Waals surface area contributed by atoms with Crippen molar-refractivity contribution in [3.8, 4) is 0 Å². The van der Waals surface area contributed by atoms with Gasteiger partial charge in [0.05, 0.1) is 31.1 Å². The maximum absolute atomic E-state index is 13.2. The van der Waals surface area contributed by atoms with Crippen molar-refractivity contribution in [2.24, 2.45) is 11.8 Å². The average molecular weight is 484 g/mol. The van der Waals surface area contributed by atoms with Gasteiger partial charge in [-0.05, 0) is 17.0 Å². The first-order valence-electron chi connectivity index (χ1n) is 11.9. The van der Waals surface area contributed by atoms with E-state index in [1.165, 1.54) is 0 Å². The Bertz CT molecular complexity index is 987. The number of nitro groups is 1. The fourth-order valence-corrected chi connectivity index (χ4v) is 4.73. The number of ether oxygens (including phenoxy) is 1. The van der Waals surface area contributed by atoms with Gasteiger partial charge < -0.3 is 15.2 Å². The summed E-state index contributed by atoms with van der Waals surface area (Å²) in [5, 5.41) is 27.2. The highest BCUT2D eigenvalue weighted by atomic mass is 16.6. The smallest absolute Gasteiger partial charge is 0.305 e. The second-order valence-corrected chi connectivity index (χ2v) is 8.97. The molecule has 3 unspecified atom stereocenters. The zero-order valence-electron chi connectivity index (χ0n) is 20.0. The quantitative estimate of drug-likeness (QED) is 0.312. The summed E-state index contributed by atoms with van der Waals surface area (Å²) in [7, 11) is 0. The zero-order valence-corrected chi connectivity index (χ0v) is 20.0. The Balaban J connectivity index is 1.96. The molecule has 1 saturated heterocycles. The van der Waals surface area contributed by atoms with Gasteiger partial charge in [-0.25, -0.2) is 0 Å². The van der Waals surface area contributed by atoms with Gasteiger partial charge in [0.1, 0.15) is 6.04 Å². The lowest BCUT2D eigenvalue weighted by atomic mass is 9.80. The van der Waals surface area contributed by atoms with E-state index in [1.54, 1.807) is 24.3 Å². The Morgan fingerprint density at radius 2 is 1.77 bits per heavy atom. The Morgan fingerprint density at radius 3 is 2.34 bits per heavy atom. The number of benzene rings is 2. The van der Waals surface area contributed by atoms with Crippen LogP contribution in [-0.4, -0.2) is 46.6 Å². The van der Waals surface area contributed by atoms with Crippen LogP contribution in [0.2, 0.25) is 0 Å². The van der Waals surface area contributed by atoms with E-state index in [4.69, 9.17) is 9.84 Å². The molecule has 188 valence electrons. The van der Waals surface area contributed by atoms with Crippen molar-refractivity contribution in [1.82, 2.24) is 10.6 Å². The van der Waals surface area contributed by atoms with Crippen molar-refractivity contribution in [2.75, 3.05) is 6.54 Å². The third kappa shape index (κ3) is 6.64. The molecule has 0 saturated carbocycles. The number of aliphatic carboxylic acids is 1. The van der Waals surface area contributed by atoms with Crippen LogP contribution in [0, 0.1) is 22.0 Å². The van der Waals surface area contributed by atoms with Crippen molar-refractivity contribution in [1.29, 1.82) is 0 Å². The number of nitrogens with zero attached hydrogens (tertiary/aromatic N) is 1. The molecule has 3 rings (SSSR count). The standard InChI is InChI=1S/C26H33N3O6/c1-3-17(2)25(35-16-18-10-6-4-7-11-18)21-23(26(32)27-15-14-20(30)31)28-22(24(21)29(33)34)19-12-8-5-9-13-19/h4-13,17,21-25,28H,3,14-16H2,1-2H3,(H,27,32)(H,30,31)/t17-,21?,22-,23-,24?,25?/m0/s1. The van der Waals surface area contributed by atoms with E-state index in [0.717, 1.165) is 5.56 Å². The summed E-state index contributed by atoms with van der Waals surface area (Å²) in [4.78, 5) is 36.3. The van der Waals surface area contributed by atoms with Crippen LogP contribution in [0.5, 0.6) is 0 Å². The minimum absolute atomic E-state index is 0.0585. The minimum Gasteiger partial charge on any atom is -0.481 e. The summed E-state index contributed by atoms with van der Waals surface area (Å²) in [5.74, 6) is -2.32. The third-order valence-electron chi connectivity index (χ3n) is 6.67. The maximum Gasteiger partial charge on any atom is 0.305 e. The van der Waals surface area contributed by atoms with E-state index < -0.39 is 42.0 Å². The Hall–Kier alpha value is -3.30. The number of hydrogen-bond donors (Lipinski definition) is 3. The van der Waals surface area contributed by atoms with Gasteiger partial charge in [0.2, 0.25) is 11.9 Å². The molecule has 9 nitrogen and oxygen atoms in total. The monoisotopic (exact) mass is 483 g/mol. The van der Waals surface area contributed by atoms with E-state index >= 15 is 0 Å². The van der Waals surface area contributed by atoms with Crippen LogP contribution < -0.4 is 10.6 Å². The molecule has 6 atom stereocenters. The molecule has 2 aromatic rings. The molecule has 9 heteroatoms. The Morgan fingerprint density at radius 1 is 1.14 bits per heavy atom. The molecular formula is C26H33N3O6. The van der Waals surface area contributed by atoms with Crippen molar-refractivity contribution in [2.45, 2.75) is 57.5 Å². The maximum atomic E-state index is 13.2. The number of carboxylic acid groups (broad SMARTS) is 1. The van der Waals surface area contributed by atoms with E-state index in [-0.39, 0.29) is 30.4 Å². The molecule has 35 heavy (non-hydrogen) atoms. The van der Waals surface area contributed by atoms with E-state index in [2.05, 4.69) is 10.6 Å². The van der Waals surface area contributed by atoms with Crippen LogP contribution in [0.4, 0.5) is 0 Å². The van der Waals surface area contributed by atoms with Crippen molar-refractivity contribution >= 4 is 11.9 Å². The third-order valence-corrected chi connectivity index (χ3v) is 6.67. The molecule has 1 aliphatic heterocycles. The second-order valence-electron chi connectivity index (χ2n) is 8.97. The second kappa shape index (κ2) is 12.4. The van der Waals surface area contributed by atoms with Gasteiger partial charge in [0.15, 0.2) is 0 Å². The van der Waals surface area contributed by atoms with Crippen LogP contribution in [0.3, 0.4) is 0 Å². The van der Waals surface area contributed by atoms with Gasteiger partial charge >= 0.3 is 5.97 Å². The van der Waals surface area contributed by atoms with Crippen LogP contribution >= 0.6 is 0 Å². The fourth-order valence-electron chi connectivity index (χ4n) is 4.73. The summed E-state index contributed by atoms with van der Waals surface area (Å²) in [6.07, 6.45) is -0.0977. The fraction of sp³-hybridized carbons (Fsp3) is 0.462. The highest BCUT2D eigenvalue weighted by molar-refractivity contribution is 5.83. The van der Waals surface area contributed by atoms with Crippen LogP contribution in [-0.2, 0) is 20.9 Å². The summed E-state index contributed by atoms with van der Waals surface area (Å²) in [6.45, 7) is 4.17. The largest absolute Gasteiger partial charge is 0.481 e. The topological polar surface area (TPSA) is 131 Å². The highest BCUT2D eigenvalue weighted by Crippen LogP contribution is 2.39. The number of carbonyl (C=O) groups excluding carboxylic acids is 1. The molecule has 2 aromatic carbocycles. The van der Waals surface area contributed by atoms with Gasteiger partial charge in [0, 0.05) is 11.5 Å². The number of carboxylic acids is 1. The highest BCUT2D eigenvalue weighted by Gasteiger charge is 2.57. The van der Waals surface area contributed by atoms with E-state index in [1.807, 2.05) is 50.2 Å². The number of carbonyl (C=O) groups is 2. The van der Waals surface area contributed by atoms with Gasteiger partial charge in [0.25, 0.3) is 0 Å². The first-order chi connectivity index (χ1) is 16.8. The molecule has 1 fully saturated rings.